The van der Waals surface area contributed by atoms with Crippen molar-refractivity contribution >= 4 is 42.6 Å². The average molecular weight is 393 g/mol. The molecule has 0 bridgehead atoms. The Morgan fingerprint density at radius 2 is 1.75 bits per heavy atom. The summed E-state index contributed by atoms with van der Waals surface area (Å²) in [4.78, 5) is 4.32. The summed E-state index contributed by atoms with van der Waals surface area (Å²) in [6, 6.07) is 15.8. The van der Waals surface area contributed by atoms with E-state index >= 15 is 0 Å². The number of fused-ring (bicyclic) bond motifs is 1. The highest BCUT2D eigenvalue weighted by Crippen LogP contribution is 2.32. The molecule has 2 aromatic carbocycles. The van der Waals surface area contributed by atoms with E-state index in [4.69, 9.17) is 0 Å². The third-order valence-corrected chi connectivity index (χ3v) is 4.28. The Morgan fingerprint density at radius 1 is 1.00 bits per heavy atom. The van der Waals surface area contributed by atoms with Crippen LogP contribution in [0.2, 0.25) is 0 Å². The lowest BCUT2D eigenvalue weighted by molar-refractivity contribution is 0.216. The van der Waals surface area contributed by atoms with Crippen LogP contribution in [0.15, 0.2) is 63.7 Å². The lowest BCUT2D eigenvalue weighted by Gasteiger charge is -2.15. The highest BCUT2D eigenvalue weighted by Gasteiger charge is 2.17. The molecule has 1 atom stereocenters. The Bertz CT molecular complexity index is 768. The first-order chi connectivity index (χ1) is 9.66. The Hall–Kier alpha value is -1.23. The maximum Gasteiger partial charge on any atom is 0.123 e. The van der Waals surface area contributed by atoms with E-state index in [9.17, 15) is 5.11 Å². The van der Waals surface area contributed by atoms with E-state index in [0.29, 0.717) is 5.69 Å². The van der Waals surface area contributed by atoms with E-state index in [2.05, 4.69) is 36.8 Å². The second-order valence-corrected chi connectivity index (χ2v) is 6.26. The fourth-order valence-corrected chi connectivity index (χ4v) is 3.47. The molecule has 0 saturated carbocycles. The SMILES string of the molecule is OC(c1ncc(Br)cc1Br)c1cccc2ccccc12. The summed E-state index contributed by atoms with van der Waals surface area (Å²) in [5.74, 6) is 0. The molecule has 20 heavy (non-hydrogen) atoms. The van der Waals surface area contributed by atoms with Crippen molar-refractivity contribution in [3.63, 3.8) is 0 Å². The smallest absolute Gasteiger partial charge is 0.123 e. The van der Waals surface area contributed by atoms with Gasteiger partial charge in [-0.1, -0.05) is 42.5 Å². The second kappa shape index (κ2) is 5.64. The van der Waals surface area contributed by atoms with Crippen molar-refractivity contribution in [2.75, 3.05) is 0 Å². The van der Waals surface area contributed by atoms with Gasteiger partial charge in [0.25, 0.3) is 0 Å². The molecule has 1 heterocycles. The number of hydrogen-bond acceptors (Lipinski definition) is 2. The molecular weight excluding hydrogens is 382 g/mol. The number of rotatable bonds is 2. The van der Waals surface area contributed by atoms with Gasteiger partial charge < -0.3 is 5.11 Å². The minimum Gasteiger partial charge on any atom is -0.382 e. The lowest BCUT2D eigenvalue weighted by atomic mass is 9.98. The van der Waals surface area contributed by atoms with Gasteiger partial charge >= 0.3 is 0 Å². The number of pyridine rings is 1. The highest BCUT2D eigenvalue weighted by molar-refractivity contribution is 9.11. The topological polar surface area (TPSA) is 33.1 Å². The average Bonchev–Trinajstić information content (AvgIpc) is 2.46. The summed E-state index contributed by atoms with van der Waals surface area (Å²) >= 11 is 6.82. The molecule has 0 radical (unpaired) electrons. The number of aromatic nitrogens is 1. The van der Waals surface area contributed by atoms with Gasteiger partial charge in [0.15, 0.2) is 0 Å². The van der Waals surface area contributed by atoms with Crippen molar-refractivity contribution in [1.29, 1.82) is 0 Å². The van der Waals surface area contributed by atoms with Gasteiger partial charge in [0.1, 0.15) is 6.10 Å². The minimum atomic E-state index is -0.761. The van der Waals surface area contributed by atoms with E-state index in [1.54, 1.807) is 6.20 Å². The van der Waals surface area contributed by atoms with Crippen molar-refractivity contribution in [3.05, 3.63) is 74.9 Å². The quantitative estimate of drug-likeness (QED) is 0.676. The number of aliphatic hydroxyl groups is 1. The number of hydrogen-bond donors (Lipinski definition) is 1. The van der Waals surface area contributed by atoms with E-state index in [-0.39, 0.29) is 0 Å². The molecule has 3 aromatic rings. The summed E-state index contributed by atoms with van der Waals surface area (Å²) in [6.07, 6.45) is 0.928. The van der Waals surface area contributed by atoms with Crippen LogP contribution >= 0.6 is 31.9 Å². The Labute approximate surface area is 133 Å². The third-order valence-electron chi connectivity index (χ3n) is 3.21. The molecule has 0 spiro atoms. The van der Waals surface area contributed by atoms with Crippen LogP contribution in [-0.2, 0) is 0 Å². The fourth-order valence-electron chi connectivity index (χ4n) is 2.26. The van der Waals surface area contributed by atoms with Gasteiger partial charge in [-0.25, -0.2) is 0 Å². The molecule has 1 unspecified atom stereocenters. The normalized spacial score (nSPS) is 12.6. The maximum atomic E-state index is 10.7. The summed E-state index contributed by atoms with van der Waals surface area (Å²) in [6.45, 7) is 0. The Kier molecular flexibility index (Phi) is 3.87. The third kappa shape index (κ3) is 2.51. The lowest BCUT2D eigenvalue weighted by Crippen LogP contribution is -2.04. The molecule has 0 saturated heterocycles. The van der Waals surface area contributed by atoms with Gasteiger partial charge in [0, 0.05) is 15.1 Å². The predicted octanol–water partition coefficient (Wildman–Crippen LogP) is 4.84. The molecule has 0 aliphatic rings. The molecule has 1 aromatic heterocycles. The first-order valence-corrected chi connectivity index (χ1v) is 7.72. The van der Waals surface area contributed by atoms with E-state index in [0.717, 1.165) is 25.3 Å². The monoisotopic (exact) mass is 391 g/mol. The van der Waals surface area contributed by atoms with E-state index < -0.39 is 6.10 Å². The fraction of sp³-hybridized carbons (Fsp3) is 0.0625. The van der Waals surface area contributed by atoms with E-state index in [1.165, 1.54) is 0 Å². The van der Waals surface area contributed by atoms with Crippen LogP contribution in [-0.4, -0.2) is 10.1 Å². The first kappa shape index (κ1) is 13.7. The van der Waals surface area contributed by atoms with E-state index in [1.807, 2.05) is 48.5 Å². The molecule has 0 fully saturated rings. The molecule has 0 aliphatic heterocycles. The second-order valence-electron chi connectivity index (χ2n) is 4.49. The summed E-state index contributed by atoms with van der Waals surface area (Å²) in [5.41, 5.74) is 1.48. The van der Waals surface area contributed by atoms with Crippen LogP contribution in [0, 0.1) is 0 Å². The van der Waals surface area contributed by atoms with Crippen molar-refractivity contribution in [2.24, 2.45) is 0 Å². The van der Waals surface area contributed by atoms with Crippen molar-refractivity contribution in [3.8, 4) is 0 Å². The molecular formula is C16H11Br2NO. The minimum absolute atomic E-state index is 0.615. The number of halogens is 2. The van der Waals surface area contributed by atoms with Crippen LogP contribution in [0.25, 0.3) is 10.8 Å². The highest BCUT2D eigenvalue weighted by atomic mass is 79.9. The zero-order valence-electron chi connectivity index (χ0n) is 10.4. The zero-order chi connectivity index (χ0) is 14.1. The summed E-state index contributed by atoms with van der Waals surface area (Å²) in [7, 11) is 0. The molecule has 0 amide bonds. The van der Waals surface area contributed by atoms with Crippen LogP contribution < -0.4 is 0 Å². The van der Waals surface area contributed by atoms with Gasteiger partial charge in [0.2, 0.25) is 0 Å². The van der Waals surface area contributed by atoms with Gasteiger partial charge in [-0.2, -0.15) is 0 Å². The largest absolute Gasteiger partial charge is 0.382 e. The summed E-state index contributed by atoms with van der Waals surface area (Å²) < 4.78 is 1.66. The van der Waals surface area contributed by atoms with Crippen LogP contribution in [0.4, 0.5) is 0 Å². The van der Waals surface area contributed by atoms with Crippen molar-refractivity contribution in [1.82, 2.24) is 4.98 Å². The molecule has 3 rings (SSSR count). The molecule has 4 heteroatoms. The Morgan fingerprint density at radius 3 is 2.55 bits per heavy atom. The van der Waals surface area contributed by atoms with Crippen LogP contribution in [0.1, 0.15) is 17.4 Å². The van der Waals surface area contributed by atoms with Crippen molar-refractivity contribution < 1.29 is 5.11 Å². The summed E-state index contributed by atoms with van der Waals surface area (Å²) in [5, 5.41) is 12.8. The molecule has 100 valence electrons. The first-order valence-electron chi connectivity index (χ1n) is 6.13. The maximum absolute atomic E-state index is 10.7. The Balaban J connectivity index is 2.15. The van der Waals surface area contributed by atoms with Crippen molar-refractivity contribution in [2.45, 2.75) is 6.10 Å². The number of benzene rings is 2. The van der Waals surface area contributed by atoms with Crippen LogP contribution in [0.3, 0.4) is 0 Å². The number of nitrogens with zero attached hydrogens (tertiary/aromatic N) is 1. The molecule has 0 aliphatic carbocycles. The number of aliphatic hydroxyl groups excluding tert-OH is 1. The zero-order valence-corrected chi connectivity index (χ0v) is 13.6. The predicted molar refractivity (Wildman–Crippen MR) is 87.6 cm³/mol. The molecule has 2 nitrogen and oxygen atoms in total. The van der Waals surface area contributed by atoms with Gasteiger partial charge in [-0.15, -0.1) is 0 Å². The van der Waals surface area contributed by atoms with Gasteiger partial charge in [0.05, 0.1) is 5.69 Å². The van der Waals surface area contributed by atoms with Crippen LogP contribution in [0.5, 0.6) is 0 Å². The van der Waals surface area contributed by atoms with Gasteiger partial charge in [-0.05, 0) is 54.3 Å². The standard InChI is InChI=1S/C16H11Br2NO/c17-11-8-14(18)15(19-9-11)16(20)13-7-3-5-10-4-1-2-6-12(10)13/h1-9,16,20H. The molecule has 1 N–H and O–H groups in total. The van der Waals surface area contributed by atoms with Gasteiger partial charge in [-0.3, -0.25) is 4.98 Å².